The number of carboxylic acids is 1. The van der Waals surface area contributed by atoms with Crippen molar-refractivity contribution in [1.82, 2.24) is 5.32 Å². The Balaban J connectivity index is 0.00000225. The van der Waals surface area contributed by atoms with Gasteiger partial charge in [-0.2, -0.15) is 12.6 Å². The number of thiol groups is 1. The van der Waals surface area contributed by atoms with Gasteiger partial charge in [0.05, 0.1) is 0 Å². The van der Waals surface area contributed by atoms with Gasteiger partial charge in [-0.05, 0) is 22.3 Å². The maximum Gasteiger partial charge on any atom is 0.407 e. The number of nitrogens with one attached hydrogen (secondary N) is 1. The molecule has 0 spiro atoms. The number of hydrogen-bond donors (Lipinski definition) is 3. The lowest BCUT2D eigenvalue weighted by molar-refractivity contribution is -0.138. The molecule has 1 atom stereocenters. The van der Waals surface area contributed by atoms with E-state index in [9.17, 15) is 9.59 Å². The molecule has 2 aromatic rings. The van der Waals surface area contributed by atoms with Crippen molar-refractivity contribution >= 4 is 24.7 Å². The van der Waals surface area contributed by atoms with Gasteiger partial charge in [-0.1, -0.05) is 48.5 Å². The first kappa shape index (κ1) is 18.8. The fourth-order valence-corrected chi connectivity index (χ4v) is 3.22. The molecule has 1 aliphatic rings. The molecule has 0 heterocycles. The molecule has 0 fully saturated rings. The Bertz CT molecular complexity index is 734. The highest BCUT2D eigenvalue weighted by Gasteiger charge is 2.29. The summed E-state index contributed by atoms with van der Waals surface area (Å²) >= 11 is 3.91. The van der Waals surface area contributed by atoms with E-state index in [1.165, 1.54) is 0 Å². The van der Waals surface area contributed by atoms with Gasteiger partial charge >= 0.3 is 12.1 Å². The first-order chi connectivity index (χ1) is 11.6. The molecule has 0 saturated heterocycles. The van der Waals surface area contributed by atoms with E-state index in [2.05, 4.69) is 30.1 Å². The first-order valence-electron chi connectivity index (χ1n) is 7.57. The predicted octanol–water partition coefficient (Wildman–Crippen LogP) is 2.08. The Morgan fingerprint density at radius 2 is 1.60 bits per heavy atom. The molecular formula is C18H19NO5S. The number of carbonyl (C=O) groups excluding carboxylic acids is 1. The van der Waals surface area contributed by atoms with E-state index < -0.39 is 18.1 Å². The second kappa shape index (κ2) is 8.04. The molecule has 1 aliphatic carbocycles. The minimum atomic E-state index is -1.14. The van der Waals surface area contributed by atoms with Gasteiger partial charge in [-0.25, -0.2) is 9.59 Å². The number of rotatable bonds is 5. The average Bonchev–Trinajstić information content (AvgIpc) is 2.91. The Morgan fingerprint density at radius 1 is 1.08 bits per heavy atom. The van der Waals surface area contributed by atoms with Crippen molar-refractivity contribution in [2.75, 3.05) is 12.4 Å². The van der Waals surface area contributed by atoms with Crippen LogP contribution in [0, 0.1) is 0 Å². The molecule has 0 aromatic heterocycles. The minimum Gasteiger partial charge on any atom is -0.480 e. The van der Waals surface area contributed by atoms with Crippen molar-refractivity contribution in [2.24, 2.45) is 0 Å². The van der Waals surface area contributed by atoms with E-state index in [0.29, 0.717) is 0 Å². The largest absolute Gasteiger partial charge is 0.480 e. The zero-order chi connectivity index (χ0) is 17.1. The first-order valence-corrected chi connectivity index (χ1v) is 8.20. The summed E-state index contributed by atoms with van der Waals surface area (Å²) in [4.78, 5) is 22.8. The van der Waals surface area contributed by atoms with Crippen LogP contribution in [0.15, 0.2) is 48.5 Å². The van der Waals surface area contributed by atoms with Crippen LogP contribution in [-0.2, 0) is 9.53 Å². The summed E-state index contributed by atoms with van der Waals surface area (Å²) in [7, 11) is 0. The summed E-state index contributed by atoms with van der Waals surface area (Å²) in [6.07, 6.45) is -0.752. The van der Waals surface area contributed by atoms with Gasteiger partial charge in [0.25, 0.3) is 0 Å². The van der Waals surface area contributed by atoms with Crippen molar-refractivity contribution in [3.05, 3.63) is 59.7 Å². The van der Waals surface area contributed by atoms with Gasteiger partial charge in [0, 0.05) is 11.7 Å². The summed E-state index contributed by atoms with van der Waals surface area (Å²) in [6, 6.07) is 15.0. The monoisotopic (exact) mass is 361 g/mol. The van der Waals surface area contributed by atoms with Crippen LogP contribution in [0.25, 0.3) is 11.1 Å². The molecule has 3 rings (SSSR count). The highest BCUT2D eigenvalue weighted by atomic mass is 32.1. The number of hydrogen-bond acceptors (Lipinski definition) is 4. The topological polar surface area (TPSA) is 107 Å². The molecule has 0 radical (unpaired) electrons. The van der Waals surface area contributed by atoms with E-state index in [1.807, 2.05) is 36.4 Å². The predicted molar refractivity (Wildman–Crippen MR) is 97.1 cm³/mol. The molecule has 0 unspecified atom stereocenters. The summed E-state index contributed by atoms with van der Waals surface area (Å²) in [5.41, 5.74) is 4.49. The van der Waals surface area contributed by atoms with E-state index in [1.54, 1.807) is 0 Å². The van der Waals surface area contributed by atoms with E-state index in [0.717, 1.165) is 22.3 Å². The lowest BCUT2D eigenvalue weighted by atomic mass is 9.98. The molecule has 132 valence electrons. The second-order valence-corrected chi connectivity index (χ2v) is 5.91. The van der Waals surface area contributed by atoms with Crippen molar-refractivity contribution < 1.29 is 24.9 Å². The van der Waals surface area contributed by atoms with Crippen LogP contribution in [0.5, 0.6) is 0 Å². The van der Waals surface area contributed by atoms with Crippen LogP contribution < -0.4 is 5.32 Å². The average molecular weight is 361 g/mol. The molecule has 1 amide bonds. The third-order valence-corrected chi connectivity index (χ3v) is 4.48. The quantitative estimate of drug-likeness (QED) is 0.709. The van der Waals surface area contributed by atoms with Crippen molar-refractivity contribution in [3.63, 3.8) is 0 Å². The van der Waals surface area contributed by atoms with E-state index >= 15 is 0 Å². The van der Waals surface area contributed by atoms with Gasteiger partial charge in [0.15, 0.2) is 0 Å². The van der Waals surface area contributed by atoms with Gasteiger partial charge in [-0.3, -0.25) is 0 Å². The Labute approximate surface area is 150 Å². The smallest absolute Gasteiger partial charge is 0.407 e. The Kier molecular flexibility index (Phi) is 6.06. The molecule has 0 bridgehead atoms. The summed E-state index contributed by atoms with van der Waals surface area (Å²) in [5, 5.41) is 11.2. The van der Waals surface area contributed by atoms with Gasteiger partial charge in [0.1, 0.15) is 12.6 Å². The Hall–Kier alpha value is -2.51. The van der Waals surface area contributed by atoms with Crippen molar-refractivity contribution in [3.8, 4) is 11.1 Å². The van der Waals surface area contributed by atoms with Gasteiger partial charge in [-0.15, -0.1) is 0 Å². The highest BCUT2D eigenvalue weighted by molar-refractivity contribution is 7.80. The van der Waals surface area contributed by atoms with Crippen LogP contribution >= 0.6 is 12.6 Å². The number of carboxylic acid groups (broad SMARTS) is 1. The maximum atomic E-state index is 11.9. The molecule has 7 heteroatoms. The number of benzene rings is 2. The van der Waals surface area contributed by atoms with Crippen LogP contribution in [-0.4, -0.2) is 41.0 Å². The van der Waals surface area contributed by atoms with E-state index in [-0.39, 0.29) is 23.8 Å². The number of carbonyl (C=O) groups is 2. The van der Waals surface area contributed by atoms with Crippen LogP contribution in [0.3, 0.4) is 0 Å². The molecule has 0 aliphatic heterocycles. The third kappa shape index (κ3) is 3.78. The van der Waals surface area contributed by atoms with Crippen LogP contribution in [0.2, 0.25) is 0 Å². The number of fused-ring (bicyclic) bond motifs is 3. The second-order valence-electron chi connectivity index (χ2n) is 5.54. The lowest BCUT2D eigenvalue weighted by Gasteiger charge is -2.16. The third-order valence-electron chi connectivity index (χ3n) is 4.12. The highest BCUT2D eigenvalue weighted by Crippen LogP contribution is 2.44. The minimum absolute atomic E-state index is 0. The van der Waals surface area contributed by atoms with Crippen molar-refractivity contribution in [2.45, 2.75) is 12.0 Å². The summed E-state index contributed by atoms with van der Waals surface area (Å²) in [6.45, 7) is 0.152. The van der Waals surface area contributed by atoms with Gasteiger partial charge < -0.3 is 20.6 Å². The maximum absolute atomic E-state index is 11.9. The molecule has 2 aromatic carbocycles. The Morgan fingerprint density at radius 3 is 2.08 bits per heavy atom. The number of amides is 1. The molecule has 6 nitrogen and oxygen atoms in total. The zero-order valence-corrected chi connectivity index (χ0v) is 14.2. The lowest BCUT2D eigenvalue weighted by Crippen LogP contribution is -2.42. The molecule has 0 saturated carbocycles. The summed E-state index contributed by atoms with van der Waals surface area (Å²) in [5.74, 6) is -1.19. The number of aliphatic carboxylic acids is 1. The van der Waals surface area contributed by atoms with Crippen LogP contribution in [0.1, 0.15) is 17.0 Å². The van der Waals surface area contributed by atoms with E-state index in [4.69, 9.17) is 9.84 Å². The van der Waals surface area contributed by atoms with Crippen LogP contribution in [0.4, 0.5) is 4.79 Å². The number of ether oxygens (including phenoxy) is 1. The number of alkyl carbamates (subject to hydrolysis) is 1. The van der Waals surface area contributed by atoms with Gasteiger partial charge in [0.2, 0.25) is 0 Å². The van der Waals surface area contributed by atoms with Crippen molar-refractivity contribution in [1.29, 1.82) is 0 Å². The molecular weight excluding hydrogens is 342 g/mol. The molecule has 25 heavy (non-hydrogen) atoms. The fourth-order valence-electron chi connectivity index (χ4n) is 2.97. The fraction of sp³-hybridized carbons (Fsp3) is 0.222. The normalized spacial score (nSPS) is 13.2. The molecule has 4 N–H and O–H groups in total. The SMILES string of the molecule is O.O=C(N[C@H](CS)C(=O)O)OCC1c2ccccc2-c2ccccc21. The zero-order valence-electron chi connectivity index (χ0n) is 13.3. The summed E-state index contributed by atoms with van der Waals surface area (Å²) < 4.78 is 5.27. The standard InChI is InChI=1S/C18H17NO4S.H2O/c20-17(21)16(10-24)19-18(22)23-9-15-13-7-3-1-5-11(13)12-6-2-4-8-14(12)15;/h1-8,15-16,24H,9-10H2,(H,19,22)(H,20,21);1H2/t16-;/m1./s1.